The first kappa shape index (κ1) is 15.0. The summed E-state index contributed by atoms with van der Waals surface area (Å²) in [6.45, 7) is 1.59. The average molecular weight is 338 g/mol. The SMILES string of the molecule is COc1ccc(CCNCc2ccc(F)cc2Br)cc1. The zero-order valence-electron chi connectivity index (χ0n) is 11.3. The van der Waals surface area contributed by atoms with Crippen LogP contribution < -0.4 is 10.1 Å². The molecule has 0 unspecified atom stereocenters. The minimum Gasteiger partial charge on any atom is -0.497 e. The molecule has 0 heterocycles. The van der Waals surface area contributed by atoms with Gasteiger partial charge < -0.3 is 10.1 Å². The Morgan fingerprint density at radius 3 is 2.55 bits per heavy atom. The number of hydrogen-bond donors (Lipinski definition) is 1. The summed E-state index contributed by atoms with van der Waals surface area (Å²) in [6.07, 6.45) is 0.947. The highest BCUT2D eigenvalue weighted by Gasteiger charge is 2.01. The molecule has 0 radical (unpaired) electrons. The topological polar surface area (TPSA) is 21.3 Å². The van der Waals surface area contributed by atoms with Crippen LogP contribution in [0, 0.1) is 5.82 Å². The van der Waals surface area contributed by atoms with Crippen molar-refractivity contribution in [3.8, 4) is 5.75 Å². The van der Waals surface area contributed by atoms with Crippen LogP contribution in [0.4, 0.5) is 4.39 Å². The third kappa shape index (κ3) is 4.32. The van der Waals surface area contributed by atoms with Crippen molar-refractivity contribution in [2.75, 3.05) is 13.7 Å². The van der Waals surface area contributed by atoms with Gasteiger partial charge in [0.15, 0.2) is 0 Å². The van der Waals surface area contributed by atoms with E-state index in [1.54, 1.807) is 13.2 Å². The summed E-state index contributed by atoms with van der Waals surface area (Å²) in [5.41, 5.74) is 2.32. The van der Waals surface area contributed by atoms with Gasteiger partial charge in [-0.25, -0.2) is 4.39 Å². The molecule has 2 aromatic rings. The summed E-state index contributed by atoms with van der Waals surface area (Å²) < 4.78 is 18.9. The van der Waals surface area contributed by atoms with E-state index in [4.69, 9.17) is 4.74 Å². The highest BCUT2D eigenvalue weighted by Crippen LogP contribution is 2.17. The van der Waals surface area contributed by atoms with E-state index in [2.05, 4.69) is 33.4 Å². The van der Waals surface area contributed by atoms with Crippen LogP contribution in [0.15, 0.2) is 46.9 Å². The first-order valence-corrected chi connectivity index (χ1v) is 7.26. The van der Waals surface area contributed by atoms with Crippen LogP contribution in [0.25, 0.3) is 0 Å². The molecule has 0 aliphatic rings. The molecule has 106 valence electrons. The fraction of sp³-hybridized carbons (Fsp3) is 0.250. The van der Waals surface area contributed by atoms with Crippen molar-refractivity contribution < 1.29 is 9.13 Å². The smallest absolute Gasteiger partial charge is 0.124 e. The molecule has 0 bridgehead atoms. The molecule has 0 aromatic heterocycles. The third-order valence-corrected chi connectivity index (χ3v) is 3.82. The predicted octanol–water partition coefficient (Wildman–Crippen LogP) is 3.93. The molecule has 0 spiro atoms. The normalized spacial score (nSPS) is 10.6. The number of methoxy groups -OCH3 is 1. The minimum atomic E-state index is -0.223. The number of nitrogens with one attached hydrogen (secondary N) is 1. The molecule has 2 nitrogen and oxygen atoms in total. The van der Waals surface area contributed by atoms with Gasteiger partial charge in [-0.2, -0.15) is 0 Å². The first-order chi connectivity index (χ1) is 9.69. The number of hydrogen-bond acceptors (Lipinski definition) is 2. The fourth-order valence-corrected chi connectivity index (χ4v) is 2.40. The largest absolute Gasteiger partial charge is 0.497 e. The van der Waals surface area contributed by atoms with Crippen LogP contribution in [0.3, 0.4) is 0 Å². The van der Waals surface area contributed by atoms with Gasteiger partial charge >= 0.3 is 0 Å². The molecule has 1 N–H and O–H groups in total. The fourth-order valence-electron chi connectivity index (χ4n) is 1.91. The molecule has 0 amide bonds. The van der Waals surface area contributed by atoms with Gasteiger partial charge in [-0.05, 0) is 48.4 Å². The Labute approximate surface area is 127 Å². The standard InChI is InChI=1S/C16H17BrFNO/c1-20-15-6-2-12(3-7-15)8-9-19-11-13-4-5-14(18)10-16(13)17/h2-7,10,19H,8-9,11H2,1H3. The van der Waals surface area contributed by atoms with Gasteiger partial charge in [0.1, 0.15) is 11.6 Å². The van der Waals surface area contributed by atoms with Crippen molar-refractivity contribution in [1.29, 1.82) is 0 Å². The lowest BCUT2D eigenvalue weighted by Crippen LogP contribution is -2.17. The average Bonchev–Trinajstić information content (AvgIpc) is 2.46. The van der Waals surface area contributed by atoms with Crippen molar-refractivity contribution >= 4 is 15.9 Å². The van der Waals surface area contributed by atoms with Crippen LogP contribution in [-0.2, 0) is 13.0 Å². The van der Waals surface area contributed by atoms with Gasteiger partial charge in [-0.1, -0.05) is 34.1 Å². The van der Waals surface area contributed by atoms with Crippen LogP contribution in [0.2, 0.25) is 0 Å². The van der Waals surface area contributed by atoms with E-state index in [-0.39, 0.29) is 5.82 Å². The van der Waals surface area contributed by atoms with E-state index in [9.17, 15) is 4.39 Å². The van der Waals surface area contributed by atoms with E-state index in [1.165, 1.54) is 17.7 Å². The van der Waals surface area contributed by atoms with Gasteiger partial charge in [0.05, 0.1) is 7.11 Å². The quantitative estimate of drug-likeness (QED) is 0.806. The maximum Gasteiger partial charge on any atom is 0.124 e. The summed E-state index contributed by atoms with van der Waals surface area (Å²) >= 11 is 3.37. The Kier molecular flexibility index (Phi) is 5.56. The molecule has 0 aliphatic carbocycles. The van der Waals surface area contributed by atoms with Gasteiger partial charge in [-0.15, -0.1) is 0 Å². The lowest BCUT2D eigenvalue weighted by atomic mass is 10.1. The van der Waals surface area contributed by atoms with E-state index >= 15 is 0 Å². The molecule has 0 fully saturated rings. The predicted molar refractivity (Wildman–Crippen MR) is 82.5 cm³/mol. The maximum absolute atomic E-state index is 13.0. The molecule has 0 saturated heterocycles. The van der Waals surface area contributed by atoms with Crippen molar-refractivity contribution in [3.05, 3.63) is 63.9 Å². The zero-order chi connectivity index (χ0) is 14.4. The van der Waals surface area contributed by atoms with Crippen LogP contribution in [0.1, 0.15) is 11.1 Å². The van der Waals surface area contributed by atoms with Gasteiger partial charge in [0.2, 0.25) is 0 Å². The highest BCUT2D eigenvalue weighted by molar-refractivity contribution is 9.10. The van der Waals surface area contributed by atoms with Crippen molar-refractivity contribution in [2.45, 2.75) is 13.0 Å². The number of benzene rings is 2. The molecular formula is C16H17BrFNO. The Hall–Kier alpha value is -1.39. The van der Waals surface area contributed by atoms with Crippen molar-refractivity contribution in [2.24, 2.45) is 0 Å². The lowest BCUT2D eigenvalue weighted by Gasteiger charge is -2.07. The summed E-state index contributed by atoms with van der Waals surface area (Å²) in [5.74, 6) is 0.649. The lowest BCUT2D eigenvalue weighted by molar-refractivity contribution is 0.414. The van der Waals surface area contributed by atoms with E-state index in [0.717, 1.165) is 35.3 Å². The van der Waals surface area contributed by atoms with Crippen LogP contribution in [0.5, 0.6) is 5.75 Å². The first-order valence-electron chi connectivity index (χ1n) is 6.46. The van der Waals surface area contributed by atoms with Crippen molar-refractivity contribution in [1.82, 2.24) is 5.32 Å². The molecule has 20 heavy (non-hydrogen) atoms. The molecule has 2 rings (SSSR count). The molecule has 2 aromatic carbocycles. The maximum atomic E-state index is 13.0. The Morgan fingerprint density at radius 1 is 1.15 bits per heavy atom. The Bertz CT molecular complexity index is 557. The van der Waals surface area contributed by atoms with Crippen LogP contribution in [-0.4, -0.2) is 13.7 Å². The summed E-state index contributed by atoms with van der Waals surface area (Å²) in [5, 5.41) is 3.36. The van der Waals surface area contributed by atoms with Gasteiger partial charge in [-0.3, -0.25) is 0 Å². The second-order valence-corrected chi connectivity index (χ2v) is 5.36. The van der Waals surface area contributed by atoms with Crippen LogP contribution >= 0.6 is 15.9 Å². The van der Waals surface area contributed by atoms with E-state index in [0.29, 0.717) is 0 Å². The Morgan fingerprint density at radius 2 is 1.90 bits per heavy atom. The number of ether oxygens (including phenoxy) is 1. The van der Waals surface area contributed by atoms with Gasteiger partial charge in [0, 0.05) is 11.0 Å². The van der Waals surface area contributed by atoms with Gasteiger partial charge in [0.25, 0.3) is 0 Å². The third-order valence-electron chi connectivity index (χ3n) is 3.08. The highest BCUT2D eigenvalue weighted by atomic mass is 79.9. The van der Waals surface area contributed by atoms with Crippen molar-refractivity contribution in [3.63, 3.8) is 0 Å². The second kappa shape index (κ2) is 7.41. The summed E-state index contributed by atoms with van der Waals surface area (Å²) in [4.78, 5) is 0. The summed E-state index contributed by atoms with van der Waals surface area (Å²) in [6, 6.07) is 12.8. The zero-order valence-corrected chi connectivity index (χ0v) is 12.9. The minimum absolute atomic E-state index is 0.223. The van der Waals surface area contributed by atoms with E-state index in [1.807, 2.05) is 12.1 Å². The summed E-state index contributed by atoms with van der Waals surface area (Å²) in [7, 11) is 1.66. The second-order valence-electron chi connectivity index (χ2n) is 4.51. The number of rotatable bonds is 6. The van der Waals surface area contributed by atoms with E-state index < -0.39 is 0 Å². The molecule has 0 atom stereocenters. The number of halogens is 2. The monoisotopic (exact) mass is 337 g/mol. The Balaban J connectivity index is 1.78. The molecular weight excluding hydrogens is 321 g/mol. The molecule has 0 aliphatic heterocycles. The molecule has 4 heteroatoms. The molecule has 0 saturated carbocycles.